The van der Waals surface area contributed by atoms with E-state index >= 15 is 0 Å². The van der Waals surface area contributed by atoms with E-state index in [0.717, 1.165) is 122 Å². The third-order valence-electron chi connectivity index (χ3n) is 13.8. The number of hydrogen-bond acceptors (Lipinski definition) is 6. The molecule has 0 amide bonds. The monoisotopic (exact) mass is 1070 g/mol. The van der Waals surface area contributed by atoms with Gasteiger partial charge in [-0.1, -0.05) is 284 Å². The van der Waals surface area contributed by atoms with E-state index in [4.69, 9.17) is 14.2 Å². The van der Waals surface area contributed by atoms with Crippen LogP contribution in [0.1, 0.15) is 303 Å². The van der Waals surface area contributed by atoms with Crippen LogP contribution < -0.4 is 0 Å². The van der Waals surface area contributed by atoms with Gasteiger partial charge in [-0.3, -0.25) is 14.4 Å². The molecular formula is C71H120O6. The van der Waals surface area contributed by atoms with Crippen LogP contribution in [0, 0.1) is 0 Å². The highest BCUT2D eigenvalue weighted by molar-refractivity contribution is 5.71. The lowest BCUT2D eigenvalue weighted by atomic mass is 10.1. The lowest BCUT2D eigenvalue weighted by Crippen LogP contribution is -2.30. The maximum absolute atomic E-state index is 12.9. The van der Waals surface area contributed by atoms with Crippen LogP contribution >= 0.6 is 0 Å². The summed E-state index contributed by atoms with van der Waals surface area (Å²) in [6, 6.07) is 0. The largest absolute Gasteiger partial charge is 0.462 e. The second-order valence-corrected chi connectivity index (χ2v) is 21.3. The minimum atomic E-state index is -0.790. The van der Waals surface area contributed by atoms with Crippen molar-refractivity contribution in [3.63, 3.8) is 0 Å². The Labute approximate surface area is 476 Å². The third kappa shape index (κ3) is 62.8. The van der Waals surface area contributed by atoms with Crippen molar-refractivity contribution in [3.8, 4) is 0 Å². The van der Waals surface area contributed by atoms with Crippen LogP contribution in [0.4, 0.5) is 0 Å². The Morgan fingerprint density at radius 3 is 0.805 bits per heavy atom. The summed E-state index contributed by atoms with van der Waals surface area (Å²) >= 11 is 0. The Balaban J connectivity index is 4.29. The Bertz CT molecular complexity index is 1560. The molecule has 0 aromatic heterocycles. The number of allylic oxidation sites excluding steroid dienone is 18. The van der Waals surface area contributed by atoms with Crippen molar-refractivity contribution in [1.29, 1.82) is 0 Å². The highest BCUT2D eigenvalue weighted by atomic mass is 16.6. The summed E-state index contributed by atoms with van der Waals surface area (Å²) in [4.78, 5) is 38.2. The Kier molecular flexibility index (Phi) is 61.3. The van der Waals surface area contributed by atoms with Gasteiger partial charge in [0.05, 0.1) is 0 Å². The van der Waals surface area contributed by atoms with Gasteiger partial charge in [-0.15, -0.1) is 0 Å². The molecule has 0 fully saturated rings. The first-order valence-corrected chi connectivity index (χ1v) is 32.4. The molecule has 440 valence electrons. The molecular weight excluding hydrogens is 949 g/mol. The van der Waals surface area contributed by atoms with Crippen LogP contribution in [0.3, 0.4) is 0 Å². The molecule has 0 bridgehead atoms. The van der Waals surface area contributed by atoms with E-state index in [9.17, 15) is 14.4 Å². The highest BCUT2D eigenvalue weighted by Crippen LogP contribution is 2.16. The minimum Gasteiger partial charge on any atom is -0.462 e. The molecule has 0 N–H and O–H groups in total. The van der Waals surface area contributed by atoms with E-state index in [1.165, 1.54) is 141 Å². The maximum Gasteiger partial charge on any atom is 0.306 e. The SMILES string of the molecule is CC/C=C\C/C=C\C/C=C\C/C=C\C/C=C\C/C=C\C/C=C\C/C=C\CCCCCCC(=O)OCC(COC(=O)CCCCCCCCCCC)OC(=O)CCCCCCCCCCC/C=C\CCCCCCCCCC. The molecule has 0 aliphatic carbocycles. The number of esters is 3. The van der Waals surface area contributed by atoms with Gasteiger partial charge < -0.3 is 14.2 Å². The predicted molar refractivity (Wildman–Crippen MR) is 334 cm³/mol. The molecule has 0 aliphatic rings. The van der Waals surface area contributed by atoms with Gasteiger partial charge in [0.1, 0.15) is 13.2 Å². The molecule has 1 atom stereocenters. The molecule has 0 aromatic carbocycles. The summed E-state index contributed by atoms with van der Waals surface area (Å²) in [5.41, 5.74) is 0. The summed E-state index contributed by atoms with van der Waals surface area (Å²) in [5.74, 6) is -0.910. The standard InChI is InChI=1S/C71H120O6/c1-4-7-10-13-16-19-21-23-25-27-29-31-32-33-34-35-36-37-38-40-41-43-45-47-49-52-55-58-61-64-70(73)76-67-68(66-75-69(72)63-60-57-54-51-18-15-12-9-6-3)77-71(74)65-62-59-56-53-50-48-46-44-42-39-30-28-26-24-22-20-17-14-11-8-5-2/h7,10,16,19,23,25,28-31,33-34,36-37,40-41,45,47,68H,4-6,8-9,11-15,17-18,20-22,24,26-27,32,35,38-39,42-44,46,48-67H2,1-3H3/b10-7-,19-16-,25-23-,30-28-,31-29-,34-33-,37-36-,41-40-,47-45-. The van der Waals surface area contributed by atoms with Crippen molar-refractivity contribution in [3.05, 3.63) is 109 Å². The second kappa shape index (κ2) is 64.6. The van der Waals surface area contributed by atoms with Gasteiger partial charge in [0.15, 0.2) is 6.10 Å². The van der Waals surface area contributed by atoms with E-state index in [-0.39, 0.29) is 31.1 Å². The zero-order valence-corrected chi connectivity index (χ0v) is 50.4. The van der Waals surface area contributed by atoms with Gasteiger partial charge in [-0.2, -0.15) is 0 Å². The van der Waals surface area contributed by atoms with Crippen LogP contribution in [-0.2, 0) is 28.6 Å². The maximum atomic E-state index is 12.9. The Hall–Kier alpha value is -3.93. The quantitative estimate of drug-likeness (QED) is 0.0261. The van der Waals surface area contributed by atoms with Crippen molar-refractivity contribution >= 4 is 17.9 Å². The van der Waals surface area contributed by atoms with E-state index in [2.05, 4.69) is 130 Å². The average molecular weight is 1070 g/mol. The molecule has 0 rings (SSSR count). The van der Waals surface area contributed by atoms with E-state index < -0.39 is 6.10 Å². The normalized spacial score (nSPS) is 12.8. The molecule has 77 heavy (non-hydrogen) atoms. The van der Waals surface area contributed by atoms with Crippen molar-refractivity contribution in [2.75, 3.05) is 13.2 Å². The molecule has 0 radical (unpaired) electrons. The van der Waals surface area contributed by atoms with Gasteiger partial charge in [-0.25, -0.2) is 0 Å². The number of rotatable bonds is 58. The smallest absolute Gasteiger partial charge is 0.306 e. The molecule has 0 saturated heterocycles. The van der Waals surface area contributed by atoms with E-state index in [1.807, 2.05) is 0 Å². The third-order valence-corrected chi connectivity index (χ3v) is 13.8. The Morgan fingerprint density at radius 1 is 0.273 bits per heavy atom. The fourth-order valence-corrected chi connectivity index (χ4v) is 8.92. The van der Waals surface area contributed by atoms with Gasteiger partial charge in [0.25, 0.3) is 0 Å². The fourth-order valence-electron chi connectivity index (χ4n) is 8.92. The average Bonchev–Trinajstić information content (AvgIpc) is 3.43. The van der Waals surface area contributed by atoms with Gasteiger partial charge >= 0.3 is 17.9 Å². The number of carbonyl (C=O) groups is 3. The molecule has 0 heterocycles. The molecule has 6 nitrogen and oxygen atoms in total. The summed E-state index contributed by atoms with van der Waals surface area (Å²) in [6.07, 6.45) is 88.2. The van der Waals surface area contributed by atoms with Crippen molar-refractivity contribution in [1.82, 2.24) is 0 Å². The number of hydrogen-bond donors (Lipinski definition) is 0. The van der Waals surface area contributed by atoms with Crippen LogP contribution in [0.25, 0.3) is 0 Å². The van der Waals surface area contributed by atoms with Crippen LogP contribution in [0.2, 0.25) is 0 Å². The van der Waals surface area contributed by atoms with E-state index in [1.54, 1.807) is 0 Å². The zero-order chi connectivity index (χ0) is 55.7. The van der Waals surface area contributed by atoms with Crippen molar-refractivity contribution in [2.45, 2.75) is 309 Å². The second-order valence-electron chi connectivity index (χ2n) is 21.3. The summed E-state index contributed by atoms with van der Waals surface area (Å²) < 4.78 is 16.9. The molecule has 0 saturated carbocycles. The first-order chi connectivity index (χ1) is 38.0. The predicted octanol–water partition coefficient (Wildman–Crippen LogP) is 22.2. The lowest BCUT2D eigenvalue weighted by Gasteiger charge is -2.18. The molecule has 6 heteroatoms. The molecule has 0 aromatic rings. The Morgan fingerprint density at radius 2 is 0.506 bits per heavy atom. The van der Waals surface area contributed by atoms with E-state index in [0.29, 0.717) is 19.3 Å². The van der Waals surface area contributed by atoms with Gasteiger partial charge in [0, 0.05) is 19.3 Å². The fraction of sp³-hybridized carbons (Fsp3) is 0.704. The minimum absolute atomic E-state index is 0.0857. The summed E-state index contributed by atoms with van der Waals surface area (Å²) in [7, 11) is 0. The first kappa shape index (κ1) is 73.1. The van der Waals surface area contributed by atoms with Crippen LogP contribution in [0.15, 0.2) is 109 Å². The summed E-state index contributed by atoms with van der Waals surface area (Å²) in [6.45, 7) is 6.50. The lowest BCUT2D eigenvalue weighted by molar-refractivity contribution is -0.167. The van der Waals surface area contributed by atoms with Crippen molar-refractivity contribution < 1.29 is 28.6 Å². The zero-order valence-electron chi connectivity index (χ0n) is 50.4. The topological polar surface area (TPSA) is 78.9 Å². The first-order valence-electron chi connectivity index (χ1n) is 32.4. The van der Waals surface area contributed by atoms with Crippen molar-refractivity contribution in [2.24, 2.45) is 0 Å². The summed E-state index contributed by atoms with van der Waals surface area (Å²) in [5, 5.41) is 0. The highest BCUT2D eigenvalue weighted by Gasteiger charge is 2.19. The molecule has 0 aliphatic heterocycles. The van der Waals surface area contributed by atoms with Crippen LogP contribution in [0.5, 0.6) is 0 Å². The molecule has 0 spiro atoms. The van der Waals surface area contributed by atoms with Gasteiger partial charge in [-0.05, 0) is 109 Å². The number of unbranched alkanes of at least 4 members (excludes halogenated alkanes) is 29. The van der Waals surface area contributed by atoms with Crippen LogP contribution in [-0.4, -0.2) is 37.2 Å². The number of carbonyl (C=O) groups excluding carboxylic acids is 3. The molecule has 1 unspecified atom stereocenters. The van der Waals surface area contributed by atoms with Gasteiger partial charge in [0.2, 0.25) is 0 Å². The number of ether oxygens (including phenoxy) is 3.